The molecule has 0 saturated heterocycles. The van der Waals surface area contributed by atoms with Gasteiger partial charge in [0.15, 0.2) is 11.3 Å². The van der Waals surface area contributed by atoms with Crippen LogP contribution in [-0.2, 0) is 20.0 Å². The molecule has 0 aliphatic rings. The van der Waals surface area contributed by atoms with E-state index in [4.69, 9.17) is 23.2 Å². The standard InChI is InChI=1S/C12H7ClIN3O2S.C12H8ClN3O2S/c13-11-9-6-10(14)17(12(9)16-7-15-11)20(18,19)8-4-2-1-3-5-8;13-11-10-6-7-16(12(10)15-8-14-11)19(17,18)9-4-2-1-3-5-9/h1-7H;1-8H. The maximum absolute atomic E-state index is 12.7. The monoisotopic (exact) mass is 712 g/mol. The van der Waals surface area contributed by atoms with Crippen molar-refractivity contribution in [1.82, 2.24) is 27.9 Å². The largest absolute Gasteiger partial charge is 0.270 e. The number of aromatic nitrogens is 6. The Morgan fingerprint density at radius 2 is 1.15 bits per heavy atom. The zero-order chi connectivity index (χ0) is 27.8. The van der Waals surface area contributed by atoms with Crippen LogP contribution in [0.2, 0.25) is 10.3 Å². The second-order valence-electron chi connectivity index (χ2n) is 7.78. The Morgan fingerprint density at radius 3 is 1.74 bits per heavy atom. The van der Waals surface area contributed by atoms with Gasteiger partial charge in [0.05, 0.1) is 24.3 Å². The third-order valence-electron chi connectivity index (χ3n) is 5.45. The number of nitrogens with zero attached hydrogens (tertiary/aromatic N) is 6. The third-order valence-corrected chi connectivity index (χ3v) is 10.6. The number of benzene rings is 2. The van der Waals surface area contributed by atoms with Gasteiger partial charge in [0, 0.05) is 6.20 Å². The summed E-state index contributed by atoms with van der Waals surface area (Å²) < 4.78 is 53.1. The summed E-state index contributed by atoms with van der Waals surface area (Å²) in [6, 6.07) is 19.6. The van der Waals surface area contributed by atoms with Crippen molar-refractivity contribution < 1.29 is 16.8 Å². The van der Waals surface area contributed by atoms with Crippen molar-refractivity contribution >= 4 is 87.9 Å². The first-order valence-corrected chi connectivity index (χ1v) is 15.6. The molecule has 6 rings (SSSR count). The minimum atomic E-state index is -3.71. The van der Waals surface area contributed by atoms with Gasteiger partial charge >= 0.3 is 0 Å². The smallest absolute Gasteiger partial charge is 0.224 e. The number of hydrogen-bond donors (Lipinski definition) is 0. The zero-order valence-electron chi connectivity index (χ0n) is 19.4. The first-order valence-electron chi connectivity index (χ1n) is 10.9. The summed E-state index contributed by atoms with van der Waals surface area (Å²) in [5.74, 6) is 0. The van der Waals surface area contributed by atoms with E-state index in [1.54, 1.807) is 60.7 Å². The minimum Gasteiger partial charge on any atom is -0.224 e. The molecule has 0 atom stereocenters. The zero-order valence-corrected chi connectivity index (χ0v) is 24.7. The number of hydrogen-bond acceptors (Lipinski definition) is 8. The highest BCUT2D eigenvalue weighted by molar-refractivity contribution is 14.1. The van der Waals surface area contributed by atoms with E-state index in [1.807, 2.05) is 22.6 Å². The van der Waals surface area contributed by atoms with Crippen molar-refractivity contribution in [2.45, 2.75) is 9.79 Å². The first kappa shape index (κ1) is 27.5. The van der Waals surface area contributed by atoms with Gasteiger partial charge in [-0.25, -0.2) is 44.7 Å². The average molecular weight is 713 g/mol. The maximum atomic E-state index is 12.7. The first-order chi connectivity index (χ1) is 18.6. The second kappa shape index (κ2) is 10.8. The van der Waals surface area contributed by atoms with E-state index in [9.17, 15) is 16.8 Å². The molecule has 0 aliphatic carbocycles. The Kier molecular flexibility index (Phi) is 7.61. The Hall–Kier alpha value is -3.11. The van der Waals surface area contributed by atoms with Gasteiger partial charge in [-0.2, -0.15) is 0 Å². The molecule has 10 nitrogen and oxygen atoms in total. The van der Waals surface area contributed by atoms with Crippen molar-refractivity contribution in [3.63, 3.8) is 0 Å². The van der Waals surface area contributed by atoms with Crippen LogP contribution in [0, 0.1) is 3.70 Å². The summed E-state index contributed by atoms with van der Waals surface area (Å²) in [5, 5.41) is 1.48. The van der Waals surface area contributed by atoms with Crippen LogP contribution in [0.5, 0.6) is 0 Å². The molecule has 4 heterocycles. The molecule has 39 heavy (non-hydrogen) atoms. The molecule has 0 fully saturated rings. The molecule has 0 spiro atoms. The number of fused-ring (bicyclic) bond motifs is 2. The molecule has 0 bridgehead atoms. The molecule has 2 aromatic carbocycles. The van der Waals surface area contributed by atoms with E-state index >= 15 is 0 Å². The fourth-order valence-corrected chi connectivity index (χ4v) is 8.04. The molecule has 4 aromatic heterocycles. The highest BCUT2D eigenvalue weighted by atomic mass is 127. The highest BCUT2D eigenvalue weighted by Crippen LogP contribution is 2.28. The van der Waals surface area contributed by atoms with Crippen LogP contribution >= 0.6 is 45.8 Å². The van der Waals surface area contributed by atoms with E-state index < -0.39 is 20.0 Å². The van der Waals surface area contributed by atoms with Crippen LogP contribution in [0.4, 0.5) is 0 Å². The summed E-state index contributed by atoms with van der Waals surface area (Å²) in [4.78, 5) is 16.1. The van der Waals surface area contributed by atoms with E-state index in [0.29, 0.717) is 14.5 Å². The molecule has 6 aromatic rings. The molecule has 198 valence electrons. The van der Waals surface area contributed by atoms with Crippen molar-refractivity contribution in [3.8, 4) is 0 Å². The second-order valence-corrected chi connectivity index (χ2v) is 13.2. The lowest BCUT2D eigenvalue weighted by Crippen LogP contribution is -2.14. The molecule has 0 radical (unpaired) electrons. The fraction of sp³-hybridized carbons (Fsp3) is 0. The Labute approximate surface area is 246 Å². The van der Waals surface area contributed by atoms with Gasteiger partial charge in [-0.3, -0.25) is 0 Å². The van der Waals surface area contributed by atoms with E-state index in [0.717, 1.165) is 3.97 Å². The normalized spacial score (nSPS) is 11.9. The van der Waals surface area contributed by atoms with E-state index in [2.05, 4.69) is 19.9 Å². The Balaban J connectivity index is 0.000000158. The van der Waals surface area contributed by atoms with Crippen LogP contribution in [0.15, 0.2) is 101 Å². The van der Waals surface area contributed by atoms with Gasteiger partial charge in [0.25, 0.3) is 20.0 Å². The lowest BCUT2D eigenvalue weighted by molar-refractivity contribution is 0.586. The predicted octanol–water partition coefficient (Wildman–Crippen LogP) is 5.25. The van der Waals surface area contributed by atoms with Crippen LogP contribution in [0.3, 0.4) is 0 Å². The van der Waals surface area contributed by atoms with E-state index in [-0.39, 0.29) is 31.4 Å². The quantitative estimate of drug-likeness (QED) is 0.179. The molecule has 0 unspecified atom stereocenters. The average Bonchev–Trinajstić information content (AvgIpc) is 3.53. The molecular weight excluding hydrogens is 698 g/mol. The lowest BCUT2D eigenvalue weighted by atomic mass is 10.4. The molecular formula is C24H15Cl2IN6O4S2. The summed E-state index contributed by atoms with van der Waals surface area (Å²) in [6.45, 7) is 0. The van der Waals surface area contributed by atoms with Crippen molar-refractivity contribution in [1.29, 1.82) is 0 Å². The summed E-state index contributed by atoms with van der Waals surface area (Å²) >= 11 is 13.8. The number of rotatable bonds is 4. The third kappa shape index (κ3) is 5.12. The maximum Gasteiger partial charge on any atom is 0.270 e. The topological polar surface area (TPSA) is 130 Å². The van der Waals surface area contributed by atoms with Gasteiger partial charge < -0.3 is 0 Å². The SMILES string of the molecule is O=S(=O)(c1ccccc1)n1c(I)cc2c(Cl)ncnc21.O=S(=O)(c1ccccc1)n1ccc2c(Cl)ncnc21. The van der Waals surface area contributed by atoms with Crippen LogP contribution in [0.25, 0.3) is 22.1 Å². The van der Waals surface area contributed by atoms with E-state index in [1.165, 1.54) is 35.0 Å². The van der Waals surface area contributed by atoms with Crippen molar-refractivity contribution in [2.75, 3.05) is 0 Å². The van der Waals surface area contributed by atoms with Gasteiger partial charge in [0.1, 0.15) is 23.0 Å². The highest BCUT2D eigenvalue weighted by Gasteiger charge is 2.24. The predicted molar refractivity (Wildman–Crippen MR) is 156 cm³/mol. The molecule has 0 aliphatic heterocycles. The lowest BCUT2D eigenvalue weighted by Gasteiger charge is -2.08. The van der Waals surface area contributed by atoms with Gasteiger partial charge in [-0.05, 0) is 59.0 Å². The van der Waals surface area contributed by atoms with Gasteiger partial charge in [0.2, 0.25) is 0 Å². The van der Waals surface area contributed by atoms with Gasteiger partial charge in [-0.1, -0.05) is 59.6 Å². The van der Waals surface area contributed by atoms with Crippen molar-refractivity contribution in [3.05, 3.63) is 106 Å². The minimum absolute atomic E-state index is 0.197. The van der Waals surface area contributed by atoms with Crippen LogP contribution < -0.4 is 0 Å². The summed E-state index contributed by atoms with van der Waals surface area (Å²) in [5.41, 5.74) is 0.544. The molecule has 0 amide bonds. The Bertz CT molecular complexity index is 2040. The number of halogens is 3. The van der Waals surface area contributed by atoms with Crippen LogP contribution in [0.1, 0.15) is 0 Å². The Morgan fingerprint density at radius 1 is 0.641 bits per heavy atom. The van der Waals surface area contributed by atoms with Crippen LogP contribution in [-0.4, -0.2) is 44.7 Å². The fourth-order valence-electron chi connectivity index (χ4n) is 3.65. The molecule has 15 heteroatoms. The van der Waals surface area contributed by atoms with Gasteiger partial charge in [-0.15, -0.1) is 0 Å². The molecule has 0 N–H and O–H groups in total. The summed E-state index contributed by atoms with van der Waals surface area (Å²) in [6.07, 6.45) is 3.91. The van der Waals surface area contributed by atoms with Crippen molar-refractivity contribution in [2.24, 2.45) is 0 Å². The summed E-state index contributed by atoms with van der Waals surface area (Å²) in [7, 11) is -7.38. The molecule has 0 saturated carbocycles.